The minimum atomic E-state index is -2.51. The number of nitrogens with one attached hydrogen (secondary N) is 1. The highest BCUT2D eigenvalue weighted by Gasteiger charge is 1.90. The van der Waals surface area contributed by atoms with E-state index in [1.165, 1.54) is 0 Å². The van der Waals surface area contributed by atoms with Crippen molar-refractivity contribution in [1.82, 2.24) is 5.32 Å². The molecule has 0 aromatic heterocycles. The monoisotopic (exact) mass is 104 g/mol. The van der Waals surface area contributed by atoms with Gasteiger partial charge in [0.2, 0.25) is 5.91 Å². The van der Waals surface area contributed by atoms with E-state index >= 15 is 0 Å². The van der Waals surface area contributed by atoms with Crippen LogP contribution in [-0.2, 0) is 4.79 Å². The SMILES string of the molecule is [2H]C([2H])([2H])C(=O)NC(C)C. The Labute approximate surface area is 48.1 Å². The van der Waals surface area contributed by atoms with Gasteiger partial charge in [-0.05, 0) is 13.8 Å². The van der Waals surface area contributed by atoms with Gasteiger partial charge < -0.3 is 5.32 Å². The van der Waals surface area contributed by atoms with E-state index in [4.69, 9.17) is 4.11 Å². The van der Waals surface area contributed by atoms with Crippen molar-refractivity contribution in [3.63, 3.8) is 0 Å². The maximum Gasteiger partial charge on any atom is 0.217 e. The van der Waals surface area contributed by atoms with Crippen LogP contribution in [0.2, 0.25) is 0 Å². The number of carbonyl (C=O) groups excluding carboxylic acids is 1. The standard InChI is InChI=1S/C5H11NO/c1-4(2)6-5(3)7/h4H,1-3H3,(H,6,7)/i3D3. The Morgan fingerprint density at radius 3 is 2.57 bits per heavy atom. The summed E-state index contributed by atoms with van der Waals surface area (Å²) >= 11 is 0. The van der Waals surface area contributed by atoms with Crippen LogP contribution in [0.15, 0.2) is 0 Å². The van der Waals surface area contributed by atoms with Crippen molar-refractivity contribution in [1.29, 1.82) is 0 Å². The van der Waals surface area contributed by atoms with Crippen molar-refractivity contribution in [2.24, 2.45) is 0 Å². The van der Waals surface area contributed by atoms with Gasteiger partial charge >= 0.3 is 0 Å². The van der Waals surface area contributed by atoms with Crippen LogP contribution in [0.25, 0.3) is 0 Å². The van der Waals surface area contributed by atoms with E-state index < -0.39 is 12.8 Å². The topological polar surface area (TPSA) is 29.1 Å². The summed E-state index contributed by atoms with van der Waals surface area (Å²) in [5.41, 5.74) is 0. The first kappa shape index (κ1) is 2.70. The van der Waals surface area contributed by atoms with Crippen LogP contribution >= 0.6 is 0 Å². The Morgan fingerprint density at radius 2 is 2.43 bits per heavy atom. The van der Waals surface area contributed by atoms with Gasteiger partial charge in [-0.25, -0.2) is 0 Å². The van der Waals surface area contributed by atoms with Crippen molar-refractivity contribution in [3.05, 3.63) is 0 Å². The second-order valence-electron chi connectivity index (χ2n) is 1.63. The average molecular weight is 104 g/mol. The smallest absolute Gasteiger partial charge is 0.217 e. The highest BCUT2D eigenvalue weighted by Crippen LogP contribution is 1.72. The predicted molar refractivity (Wildman–Crippen MR) is 29.0 cm³/mol. The van der Waals surface area contributed by atoms with E-state index in [1.807, 2.05) is 0 Å². The average Bonchev–Trinajstić information content (AvgIpc) is 1.60. The Hall–Kier alpha value is -0.530. The lowest BCUT2D eigenvalue weighted by Crippen LogP contribution is -2.27. The van der Waals surface area contributed by atoms with E-state index in [0.29, 0.717) is 0 Å². The summed E-state index contributed by atoms with van der Waals surface area (Å²) < 4.78 is 20.0. The summed E-state index contributed by atoms with van der Waals surface area (Å²) in [4.78, 5) is 10.6. The zero-order chi connectivity index (χ0) is 8.36. The van der Waals surface area contributed by atoms with Crippen molar-refractivity contribution in [3.8, 4) is 0 Å². The molecule has 0 bridgehead atoms. The molecule has 0 atom stereocenters. The molecule has 2 nitrogen and oxygen atoms in total. The third-order valence-electron chi connectivity index (χ3n) is 0.420. The van der Waals surface area contributed by atoms with Crippen molar-refractivity contribution < 1.29 is 8.91 Å². The first-order valence-electron chi connectivity index (χ1n) is 3.65. The molecular weight excluding hydrogens is 90.1 g/mol. The third kappa shape index (κ3) is 5.47. The van der Waals surface area contributed by atoms with Crippen molar-refractivity contribution in [2.45, 2.75) is 26.7 Å². The minimum Gasteiger partial charge on any atom is -0.354 e. The maximum absolute atomic E-state index is 10.6. The summed E-state index contributed by atoms with van der Waals surface area (Å²) in [6, 6.07) is -0.118. The molecule has 0 heterocycles. The summed E-state index contributed by atoms with van der Waals surface area (Å²) in [7, 11) is 0. The lowest BCUT2D eigenvalue weighted by atomic mass is 10.4. The second-order valence-corrected chi connectivity index (χ2v) is 1.63. The van der Waals surface area contributed by atoms with E-state index in [-0.39, 0.29) is 6.04 Å². The van der Waals surface area contributed by atoms with Crippen LogP contribution in [0.5, 0.6) is 0 Å². The zero-order valence-corrected chi connectivity index (χ0v) is 4.49. The van der Waals surface area contributed by atoms with Gasteiger partial charge in [-0.2, -0.15) is 0 Å². The van der Waals surface area contributed by atoms with Crippen LogP contribution in [0.3, 0.4) is 0 Å². The highest BCUT2D eigenvalue weighted by molar-refractivity contribution is 5.73. The molecule has 0 rings (SSSR count). The lowest BCUT2D eigenvalue weighted by molar-refractivity contribution is -0.119. The molecule has 0 radical (unpaired) electrons. The van der Waals surface area contributed by atoms with Gasteiger partial charge in [0.25, 0.3) is 0 Å². The molecule has 1 N–H and O–H groups in total. The summed E-state index contributed by atoms with van der Waals surface area (Å²) in [6.07, 6.45) is 0. The fourth-order valence-corrected chi connectivity index (χ4v) is 0.262. The molecule has 0 aromatic carbocycles. The van der Waals surface area contributed by atoms with Gasteiger partial charge in [-0.3, -0.25) is 4.79 Å². The van der Waals surface area contributed by atoms with Gasteiger partial charge in [-0.15, -0.1) is 0 Å². The molecule has 42 valence electrons. The third-order valence-corrected chi connectivity index (χ3v) is 0.420. The quantitative estimate of drug-likeness (QED) is 0.516. The van der Waals surface area contributed by atoms with Crippen LogP contribution in [0, 0.1) is 0 Å². The van der Waals surface area contributed by atoms with E-state index in [2.05, 4.69) is 5.32 Å². The van der Waals surface area contributed by atoms with Crippen molar-refractivity contribution >= 4 is 5.91 Å². The maximum atomic E-state index is 10.6. The molecule has 0 saturated heterocycles. The van der Waals surface area contributed by atoms with Crippen LogP contribution < -0.4 is 5.32 Å². The summed E-state index contributed by atoms with van der Waals surface area (Å²) in [6.45, 7) is 0.914. The molecule has 0 fully saturated rings. The number of amides is 1. The first-order chi connectivity index (χ1) is 4.34. The summed E-state index contributed by atoms with van der Waals surface area (Å²) in [5, 5.41) is 2.28. The van der Waals surface area contributed by atoms with Gasteiger partial charge in [0.15, 0.2) is 0 Å². The molecular formula is C5H11NO. The highest BCUT2D eigenvalue weighted by atomic mass is 16.1. The zero-order valence-electron chi connectivity index (χ0n) is 7.49. The molecule has 1 amide bonds. The molecule has 0 aromatic rings. The molecule has 0 aliphatic carbocycles. The van der Waals surface area contributed by atoms with Gasteiger partial charge in [-0.1, -0.05) is 0 Å². The number of hydrogen-bond acceptors (Lipinski definition) is 1. The Bertz CT molecular complexity index is 129. The summed E-state index contributed by atoms with van der Waals surface area (Å²) in [5.74, 6) is -0.887. The molecule has 7 heavy (non-hydrogen) atoms. The first-order valence-corrected chi connectivity index (χ1v) is 2.15. The Morgan fingerprint density at radius 1 is 1.86 bits per heavy atom. The lowest BCUT2D eigenvalue weighted by Gasteiger charge is -2.02. The van der Waals surface area contributed by atoms with Crippen LogP contribution in [-0.4, -0.2) is 11.9 Å². The van der Waals surface area contributed by atoms with E-state index in [9.17, 15) is 4.79 Å². The minimum absolute atomic E-state index is 0.118. The van der Waals surface area contributed by atoms with Crippen LogP contribution in [0.1, 0.15) is 24.8 Å². The van der Waals surface area contributed by atoms with Gasteiger partial charge in [0, 0.05) is 17.0 Å². The fraction of sp³-hybridized carbons (Fsp3) is 0.800. The number of carbonyl (C=O) groups is 1. The number of rotatable bonds is 1. The van der Waals surface area contributed by atoms with E-state index in [1.54, 1.807) is 13.8 Å². The largest absolute Gasteiger partial charge is 0.354 e. The molecule has 0 spiro atoms. The van der Waals surface area contributed by atoms with E-state index in [0.717, 1.165) is 0 Å². The van der Waals surface area contributed by atoms with Gasteiger partial charge in [0.05, 0.1) is 0 Å². The Kier molecular flexibility index (Phi) is 1.01. The molecule has 0 unspecified atom stereocenters. The Balaban J connectivity index is 3.87. The molecule has 0 aliphatic heterocycles. The molecule has 0 aliphatic rings. The normalized spacial score (nSPS) is 17.3. The van der Waals surface area contributed by atoms with Crippen LogP contribution in [0.4, 0.5) is 0 Å². The predicted octanol–water partition coefficient (Wildman–Crippen LogP) is 0.531. The molecule has 0 saturated carbocycles. The molecule has 2 heteroatoms. The number of hydrogen-bond donors (Lipinski definition) is 1. The second kappa shape index (κ2) is 2.61. The van der Waals surface area contributed by atoms with Crippen molar-refractivity contribution in [2.75, 3.05) is 0 Å². The fourth-order valence-electron chi connectivity index (χ4n) is 0.262. The van der Waals surface area contributed by atoms with Gasteiger partial charge in [0.1, 0.15) is 0 Å².